The fourth-order valence-corrected chi connectivity index (χ4v) is 22.5. The van der Waals surface area contributed by atoms with E-state index in [1.54, 1.807) is 0 Å². The van der Waals surface area contributed by atoms with Crippen LogP contribution < -0.4 is 15.6 Å². The van der Waals surface area contributed by atoms with Crippen molar-refractivity contribution in [1.29, 1.82) is 0 Å². The van der Waals surface area contributed by atoms with Gasteiger partial charge in [-0.1, -0.05) is 157 Å². The van der Waals surface area contributed by atoms with Gasteiger partial charge in [0.15, 0.2) is 0 Å². The summed E-state index contributed by atoms with van der Waals surface area (Å²) in [5.41, 5.74) is 24.6. The molecule has 9 heterocycles. The predicted molar refractivity (Wildman–Crippen MR) is 465 cm³/mol. The van der Waals surface area contributed by atoms with Gasteiger partial charge in [-0.25, -0.2) is 0 Å². The van der Waals surface area contributed by atoms with Crippen molar-refractivity contribution in [2.75, 3.05) is 0 Å². The lowest BCUT2D eigenvalue weighted by Gasteiger charge is -2.31. The van der Waals surface area contributed by atoms with E-state index >= 15 is 0 Å². The number of nitrogens with zero attached hydrogens (tertiary/aromatic N) is 9. The van der Waals surface area contributed by atoms with Crippen LogP contribution in [0.2, 0.25) is 6.55 Å². The van der Waals surface area contributed by atoms with E-state index in [1.165, 1.54) is 147 Å². The molecule has 0 radical (unpaired) electrons. The highest BCUT2D eigenvalue weighted by atomic mass is 28.3. The fourth-order valence-electron chi connectivity index (χ4n) is 18.9. The van der Waals surface area contributed by atoms with Crippen LogP contribution in [0.15, 0.2) is 310 Å². The second-order valence-corrected chi connectivity index (χ2v) is 36.0. The lowest BCUT2D eigenvalue weighted by atomic mass is 10.0. The quantitative estimate of drug-likeness (QED) is 0.0759. The molecular formula is C100H81N9Si. The molecule has 21 rings (SSSR count). The summed E-state index contributed by atoms with van der Waals surface area (Å²) in [5.74, 6) is 1.55. The van der Waals surface area contributed by atoms with Crippen molar-refractivity contribution >= 4 is 154 Å². The molecule has 9 aromatic heterocycles. The van der Waals surface area contributed by atoms with Crippen LogP contribution in [0.3, 0.4) is 0 Å². The molecule has 110 heavy (non-hydrogen) atoms. The molecule has 9 nitrogen and oxygen atoms in total. The maximum absolute atomic E-state index is 4.67. The van der Waals surface area contributed by atoms with Crippen LogP contribution in [0.4, 0.5) is 0 Å². The first-order valence-electron chi connectivity index (χ1n) is 38.9. The first kappa shape index (κ1) is 65.4. The van der Waals surface area contributed by atoms with Gasteiger partial charge in [0, 0.05) is 100 Å². The van der Waals surface area contributed by atoms with Gasteiger partial charge in [0.1, 0.15) is 8.07 Å². The monoisotopic (exact) mass is 1440 g/mol. The van der Waals surface area contributed by atoms with E-state index in [4.69, 9.17) is 0 Å². The number of benzene rings is 12. The Morgan fingerprint density at radius 1 is 0.227 bits per heavy atom. The zero-order valence-corrected chi connectivity index (χ0v) is 63.8. The van der Waals surface area contributed by atoms with E-state index in [9.17, 15) is 0 Å². The second kappa shape index (κ2) is 25.4. The number of para-hydroxylation sites is 3. The minimum absolute atomic E-state index is 0.517. The Labute approximate surface area is 638 Å². The van der Waals surface area contributed by atoms with Gasteiger partial charge >= 0.3 is 0 Å². The smallest absolute Gasteiger partial charge is 0.145 e. The average molecular weight is 1440 g/mol. The van der Waals surface area contributed by atoms with Gasteiger partial charge in [-0.15, -0.1) is 0 Å². The first-order valence-corrected chi connectivity index (χ1v) is 41.4. The largest absolute Gasteiger partial charge is 0.309 e. The minimum atomic E-state index is -3.18. The van der Waals surface area contributed by atoms with Gasteiger partial charge in [-0.3, -0.25) is 15.0 Å². The van der Waals surface area contributed by atoms with Crippen LogP contribution in [0.5, 0.6) is 0 Å². The Morgan fingerprint density at radius 2 is 0.473 bits per heavy atom. The maximum Gasteiger partial charge on any atom is 0.145 e. The lowest BCUT2D eigenvalue weighted by Crippen LogP contribution is -2.65. The van der Waals surface area contributed by atoms with Crippen molar-refractivity contribution in [2.45, 2.75) is 67.4 Å². The summed E-state index contributed by atoms with van der Waals surface area (Å²) in [6.07, 6.45) is 14.6. The van der Waals surface area contributed by atoms with Crippen LogP contribution in [0, 0.1) is 17.8 Å². The van der Waals surface area contributed by atoms with Crippen molar-refractivity contribution in [1.82, 2.24) is 42.4 Å². The molecule has 0 N–H and O–H groups in total. The zero-order chi connectivity index (χ0) is 73.8. The molecule has 530 valence electrons. The van der Waals surface area contributed by atoms with Crippen LogP contribution >= 0.6 is 0 Å². The molecule has 0 aliphatic carbocycles. The molecule has 0 unspecified atom stereocenters. The van der Waals surface area contributed by atoms with Gasteiger partial charge in [0.05, 0.1) is 102 Å². The molecule has 0 saturated carbocycles. The highest BCUT2D eigenvalue weighted by Crippen LogP contribution is 2.45. The summed E-state index contributed by atoms with van der Waals surface area (Å²) in [4.78, 5) is 14.0. The standard InChI is InChI=1S/C100H81N9Si/c1-62(2)44-65-35-38-92-80(47-65)86-56-95-83(53-98(86)107(92)71-23-17-41-101-59-71)77-29-8-11-32-89(77)104(95)68-20-14-26-74(50-68)110(7,75-27-15-21-69(51-75)105-90-33-12-9-30-78(90)84-54-99-87(57-96(84)105)81-48-66(45-63(3)4)36-39-93(81)108(99)72-24-18-42-102-60-72)76-28-16-22-70(52-76)106-91-34-13-10-31-79(91)85-55-100-88(58-97(85)106)82-49-67(46-64(5)6)37-40-94(82)109(100)73-25-19-43-103-61-73/h8-43,47-64H,44-46H2,1-7H3. The zero-order valence-electron chi connectivity index (χ0n) is 62.8. The van der Waals surface area contributed by atoms with Crippen molar-refractivity contribution in [3.05, 3.63) is 327 Å². The third-order valence-electron chi connectivity index (χ3n) is 23.6. The van der Waals surface area contributed by atoms with Crippen molar-refractivity contribution in [3.8, 4) is 34.1 Å². The number of hydrogen-bond donors (Lipinski definition) is 0. The van der Waals surface area contributed by atoms with Gasteiger partial charge < -0.3 is 27.4 Å². The number of hydrogen-bond acceptors (Lipinski definition) is 3. The van der Waals surface area contributed by atoms with Crippen molar-refractivity contribution < 1.29 is 0 Å². The molecule has 0 aliphatic heterocycles. The maximum atomic E-state index is 4.67. The SMILES string of the molecule is CC(C)Cc1ccc2c(c1)c1cc3c(cc1n2-c1cccnc1)c1ccccc1n3-c1cccc([Si](C)(c2cccc(-n3c4ccccc4c4cc5c(cc43)c3cc(CC(C)C)ccc3n5-c3cccnc3)c2)c2cccc(-n3c4ccccc4c4cc5c(cc43)c3cc(CC(C)C)ccc3n5-c3cccnc3)c2)c1. The van der Waals surface area contributed by atoms with Gasteiger partial charge in [-0.05, 0) is 233 Å². The first-order chi connectivity index (χ1) is 53.9. The van der Waals surface area contributed by atoms with Crippen LogP contribution in [-0.4, -0.2) is 50.4 Å². The van der Waals surface area contributed by atoms with Crippen LogP contribution in [0.1, 0.15) is 58.2 Å². The summed E-state index contributed by atoms with van der Waals surface area (Å²) in [7, 11) is -3.18. The summed E-state index contributed by atoms with van der Waals surface area (Å²) < 4.78 is 14.9. The number of pyridine rings is 3. The van der Waals surface area contributed by atoms with Gasteiger partial charge in [-0.2, -0.15) is 0 Å². The topological polar surface area (TPSA) is 68.2 Å². The summed E-state index contributed by atoms with van der Waals surface area (Å²) >= 11 is 0. The molecule has 0 atom stereocenters. The third-order valence-corrected chi connectivity index (χ3v) is 28.0. The number of aromatic nitrogens is 9. The summed E-state index contributed by atoms with van der Waals surface area (Å²) in [6.45, 7) is 16.5. The summed E-state index contributed by atoms with van der Waals surface area (Å²) in [5, 5.41) is 18.5. The van der Waals surface area contributed by atoms with E-state index in [2.05, 4.69) is 345 Å². The molecule has 21 aromatic rings. The molecule has 12 aromatic carbocycles. The molecular weight excluding hydrogens is 1360 g/mol. The Balaban J connectivity index is 0.807. The van der Waals surface area contributed by atoms with E-state index in [1.807, 2.05) is 55.4 Å². The molecule has 0 saturated heterocycles. The van der Waals surface area contributed by atoms with E-state index in [-0.39, 0.29) is 0 Å². The number of rotatable bonds is 15. The third kappa shape index (κ3) is 10.2. The highest BCUT2D eigenvalue weighted by molar-refractivity contribution is 7.10. The van der Waals surface area contributed by atoms with Crippen molar-refractivity contribution in [3.63, 3.8) is 0 Å². The second-order valence-electron chi connectivity index (χ2n) is 32.0. The molecule has 0 fully saturated rings. The summed E-state index contributed by atoms with van der Waals surface area (Å²) in [6, 6.07) is 105. The Morgan fingerprint density at radius 3 is 0.745 bits per heavy atom. The average Bonchev–Trinajstić information content (AvgIpc) is 1.58. The fraction of sp³-hybridized carbons (Fsp3) is 0.130. The minimum Gasteiger partial charge on any atom is -0.309 e. The molecule has 0 aliphatic rings. The highest BCUT2D eigenvalue weighted by Gasteiger charge is 2.37. The van der Waals surface area contributed by atoms with Crippen LogP contribution in [0.25, 0.3) is 165 Å². The van der Waals surface area contributed by atoms with E-state index < -0.39 is 8.07 Å². The Bertz CT molecular complexity index is 6620. The predicted octanol–water partition coefficient (Wildman–Crippen LogP) is 23.1. The Hall–Kier alpha value is -12.9. The van der Waals surface area contributed by atoms with E-state index in [0.717, 1.165) is 69.9 Å². The molecule has 0 amide bonds. The van der Waals surface area contributed by atoms with Gasteiger partial charge in [0.2, 0.25) is 0 Å². The molecule has 0 spiro atoms. The van der Waals surface area contributed by atoms with Gasteiger partial charge in [0.25, 0.3) is 0 Å². The Kier molecular flexibility index (Phi) is 15.1. The van der Waals surface area contributed by atoms with E-state index in [0.29, 0.717) is 17.8 Å². The van der Waals surface area contributed by atoms with Crippen molar-refractivity contribution in [2.24, 2.45) is 17.8 Å². The number of fused-ring (bicyclic) bond motifs is 18. The lowest BCUT2D eigenvalue weighted by molar-refractivity contribution is 0.647. The van der Waals surface area contributed by atoms with Crippen LogP contribution in [-0.2, 0) is 19.3 Å². The molecule has 10 heteroatoms. The molecule has 0 bridgehead atoms. The normalized spacial score (nSPS) is 12.5.